The van der Waals surface area contributed by atoms with E-state index in [1.54, 1.807) is 6.20 Å². The molecule has 0 spiro atoms. The van der Waals surface area contributed by atoms with Crippen LogP contribution in [0.1, 0.15) is 24.1 Å². The first-order valence-corrected chi connectivity index (χ1v) is 8.55. The van der Waals surface area contributed by atoms with Crippen molar-refractivity contribution in [2.24, 2.45) is 0 Å². The fourth-order valence-electron chi connectivity index (χ4n) is 2.80. The third kappa shape index (κ3) is 3.69. The largest absolute Gasteiger partial charge is 0.454 e. The molecule has 26 heavy (non-hydrogen) atoms. The lowest BCUT2D eigenvalue weighted by Gasteiger charge is -2.15. The van der Waals surface area contributed by atoms with Gasteiger partial charge in [-0.25, -0.2) is 4.98 Å². The predicted molar refractivity (Wildman–Crippen MR) is 100 cm³/mol. The molecular weight excluding hydrogens is 328 g/mol. The summed E-state index contributed by atoms with van der Waals surface area (Å²) in [6.07, 6.45) is 1.75. The number of ether oxygens (including phenoxy) is 2. The van der Waals surface area contributed by atoms with Gasteiger partial charge in [0, 0.05) is 18.8 Å². The smallest absolute Gasteiger partial charge is 0.231 e. The molecule has 0 fully saturated rings. The molecular formula is C20H20N4O2. The highest BCUT2D eigenvalue weighted by molar-refractivity contribution is 5.46. The van der Waals surface area contributed by atoms with Crippen LogP contribution in [0.5, 0.6) is 11.5 Å². The van der Waals surface area contributed by atoms with E-state index in [0.717, 1.165) is 22.9 Å². The second kappa shape index (κ2) is 7.31. The number of hydrogen-bond acceptors (Lipinski definition) is 6. The number of benzene rings is 2. The summed E-state index contributed by atoms with van der Waals surface area (Å²) >= 11 is 0. The molecule has 0 bridgehead atoms. The monoisotopic (exact) mass is 348 g/mol. The Kier molecular flexibility index (Phi) is 4.55. The van der Waals surface area contributed by atoms with Crippen LogP contribution in [0.4, 0.5) is 11.8 Å². The number of fused-ring (bicyclic) bond motifs is 1. The standard InChI is InChI=1S/C20H20N4O2/c1-14(16-5-3-2-4-6-16)23-19-9-10-21-20(24-19)22-12-15-7-8-17-18(11-15)26-13-25-17/h2-11,14H,12-13H2,1H3,(H2,21,22,23,24). The van der Waals surface area contributed by atoms with Crippen LogP contribution in [-0.4, -0.2) is 16.8 Å². The average Bonchev–Trinajstić information content (AvgIpc) is 3.15. The van der Waals surface area contributed by atoms with Crippen molar-refractivity contribution in [1.29, 1.82) is 0 Å². The average molecular weight is 348 g/mol. The van der Waals surface area contributed by atoms with E-state index in [-0.39, 0.29) is 12.8 Å². The molecule has 2 N–H and O–H groups in total. The molecule has 3 aromatic rings. The number of rotatable bonds is 6. The molecule has 0 radical (unpaired) electrons. The van der Waals surface area contributed by atoms with Crippen LogP contribution in [0, 0.1) is 0 Å². The van der Waals surface area contributed by atoms with Gasteiger partial charge in [-0.2, -0.15) is 4.98 Å². The molecule has 0 aliphatic carbocycles. The Hall–Kier alpha value is -3.28. The summed E-state index contributed by atoms with van der Waals surface area (Å²) in [7, 11) is 0. The van der Waals surface area contributed by atoms with Gasteiger partial charge in [0.2, 0.25) is 12.7 Å². The van der Waals surface area contributed by atoms with Gasteiger partial charge in [0.25, 0.3) is 0 Å². The van der Waals surface area contributed by atoms with Crippen molar-refractivity contribution in [3.8, 4) is 11.5 Å². The molecule has 1 aliphatic heterocycles. The van der Waals surface area contributed by atoms with E-state index in [1.165, 1.54) is 5.56 Å². The number of aromatic nitrogens is 2. The van der Waals surface area contributed by atoms with Gasteiger partial charge in [0.15, 0.2) is 11.5 Å². The molecule has 0 amide bonds. The zero-order valence-corrected chi connectivity index (χ0v) is 14.5. The Balaban J connectivity index is 1.39. The molecule has 0 saturated carbocycles. The Labute approximate surface area is 152 Å². The predicted octanol–water partition coefficient (Wildman–Crippen LogP) is 3.99. The minimum Gasteiger partial charge on any atom is -0.454 e. The van der Waals surface area contributed by atoms with Crippen LogP contribution in [0.15, 0.2) is 60.8 Å². The van der Waals surface area contributed by atoms with E-state index in [1.807, 2.05) is 42.5 Å². The van der Waals surface area contributed by atoms with Crippen molar-refractivity contribution in [2.75, 3.05) is 17.4 Å². The molecule has 2 heterocycles. The first-order chi connectivity index (χ1) is 12.8. The normalized spacial score (nSPS) is 13.3. The van der Waals surface area contributed by atoms with E-state index < -0.39 is 0 Å². The molecule has 1 unspecified atom stereocenters. The minimum atomic E-state index is 0.160. The van der Waals surface area contributed by atoms with Crippen LogP contribution < -0.4 is 20.1 Å². The molecule has 0 saturated heterocycles. The molecule has 6 nitrogen and oxygen atoms in total. The maximum Gasteiger partial charge on any atom is 0.231 e. The quantitative estimate of drug-likeness (QED) is 0.702. The summed E-state index contributed by atoms with van der Waals surface area (Å²) in [4.78, 5) is 8.83. The fourth-order valence-corrected chi connectivity index (χ4v) is 2.80. The summed E-state index contributed by atoms with van der Waals surface area (Å²) in [6.45, 7) is 2.99. The van der Waals surface area contributed by atoms with Crippen LogP contribution in [0.2, 0.25) is 0 Å². The summed E-state index contributed by atoms with van der Waals surface area (Å²) in [6, 6.07) is 18.2. The van der Waals surface area contributed by atoms with Gasteiger partial charge >= 0.3 is 0 Å². The van der Waals surface area contributed by atoms with E-state index in [0.29, 0.717) is 12.5 Å². The first-order valence-electron chi connectivity index (χ1n) is 8.55. The number of nitrogens with zero attached hydrogens (tertiary/aromatic N) is 2. The van der Waals surface area contributed by atoms with Crippen molar-refractivity contribution in [3.63, 3.8) is 0 Å². The zero-order valence-electron chi connectivity index (χ0n) is 14.5. The Morgan fingerprint density at radius 2 is 1.88 bits per heavy atom. The lowest BCUT2D eigenvalue weighted by Crippen LogP contribution is -2.10. The van der Waals surface area contributed by atoms with Gasteiger partial charge in [0.05, 0.1) is 0 Å². The van der Waals surface area contributed by atoms with E-state index in [9.17, 15) is 0 Å². The third-order valence-corrected chi connectivity index (χ3v) is 4.21. The Bertz CT molecular complexity index is 886. The topological polar surface area (TPSA) is 68.3 Å². The highest BCUT2D eigenvalue weighted by Gasteiger charge is 2.13. The van der Waals surface area contributed by atoms with Gasteiger partial charge < -0.3 is 20.1 Å². The van der Waals surface area contributed by atoms with Crippen LogP contribution >= 0.6 is 0 Å². The van der Waals surface area contributed by atoms with Gasteiger partial charge in [-0.05, 0) is 36.2 Å². The van der Waals surface area contributed by atoms with Crippen molar-refractivity contribution in [2.45, 2.75) is 19.5 Å². The minimum absolute atomic E-state index is 0.160. The van der Waals surface area contributed by atoms with Crippen LogP contribution in [0.3, 0.4) is 0 Å². The molecule has 4 rings (SSSR count). The van der Waals surface area contributed by atoms with Crippen LogP contribution in [-0.2, 0) is 6.54 Å². The van der Waals surface area contributed by atoms with Crippen LogP contribution in [0.25, 0.3) is 0 Å². The van der Waals surface area contributed by atoms with Crippen molar-refractivity contribution in [3.05, 3.63) is 71.9 Å². The number of nitrogens with one attached hydrogen (secondary N) is 2. The van der Waals surface area contributed by atoms with Gasteiger partial charge in [0.1, 0.15) is 5.82 Å². The highest BCUT2D eigenvalue weighted by Crippen LogP contribution is 2.32. The van der Waals surface area contributed by atoms with E-state index >= 15 is 0 Å². The second-order valence-corrected chi connectivity index (χ2v) is 6.08. The lowest BCUT2D eigenvalue weighted by atomic mass is 10.1. The lowest BCUT2D eigenvalue weighted by molar-refractivity contribution is 0.174. The molecule has 2 aromatic carbocycles. The van der Waals surface area contributed by atoms with Gasteiger partial charge in [-0.3, -0.25) is 0 Å². The van der Waals surface area contributed by atoms with E-state index in [4.69, 9.17) is 9.47 Å². The molecule has 1 atom stereocenters. The summed E-state index contributed by atoms with van der Waals surface area (Å²) in [5, 5.41) is 6.65. The first kappa shape index (κ1) is 16.2. The number of anilines is 2. The summed E-state index contributed by atoms with van der Waals surface area (Å²) < 4.78 is 10.7. The van der Waals surface area contributed by atoms with E-state index in [2.05, 4.69) is 39.7 Å². The maximum atomic E-state index is 5.40. The maximum absolute atomic E-state index is 5.40. The second-order valence-electron chi connectivity index (χ2n) is 6.08. The van der Waals surface area contributed by atoms with Crippen molar-refractivity contribution >= 4 is 11.8 Å². The van der Waals surface area contributed by atoms with Crippen molar-refractivity contribution < 1.29 is 9.47 Å². The van der Waals surface area contributed by atoms with Gasteiger partial charge in [-0.15, -0.1) is 0 Å². The molecule has 6 heteroatoms. The summed E-state index contributed by atoms with van der Waals surface area (Å²) in [5.74, 6) is 2.92. The molecule has 1 aliphatic rings. The summed E-state index contributed by atoms with van der Waals surface area (Å²) in [5.41, 5.74) is 2.29. The molecule has 1 aromatic heterocycles. The zero-order chi connectivity index (χ0) is 17.8. The molecule has 132 valence electrons. The number of hydrogen-bond donors (Lipinski definition) is 2. The Morgan fingerprint density at radius 3 is 2.77 bits per heavy atom. The highest BCUT2D eigenvalue weighted by atomic mass is 16.7. The Morgan fingerprint density at radius 1 is 1.04 bits per heavy atom. The SMILES string of the molecule is CC(Nc1ccnc(NCc2ccc3c(c2)OCO3)n1)c1ccccc1. The third-order valence-electron chi connectivity index (χ3n) is 4.21. The van der Waals surface area contributed by atoms with Gasteiger partial charge in [-0.1, -0.05) is 36.4 Å². The van der Waals surface area contributed by atoms with Crippen molar-refractivity contribution in [1.82, 2.24) is 9.97 Å². The fraction of sp³-hybridized carbons (Fsp3) is 0.200.